The number of hydrogen-bond donors (Lipinski definition) is 3. The normalized spacial score (nSPS) is 18.8. The first kappa shape index (κ1) is 12.2. The fraction of sp³-hybridized carbons (Fsp3) is 0.417. The van der Waals surface area contributed by atoms with Crippen LogP contribution in [0.25, 0.3) is 10.2 Å². The highest BCUT2D eigenvalue weighted by molar-refractivity contribution is 7.18. The van der Waals surface area contributed by atoms with E-state index in [2.05, 4.69) is 33.6 Å². The molecule has 1 aliphatic heterocycles. The molecule has 0 aliphatic carbocycles. The number of rotatable bonds is 3. The third kappa shape index (κ3) is 2.33. The van der Waals surface area contributed by atoms with Crippen LogP contribution in [0.3, 0.4) is 0 Å². The molecule has 6 nitrogen and oxygen atoms in total. The Morgan fingerprint density at radius 3 is 3.11 bits per heavy atom. The molecule has 0 spiro atoms. The maximum Gasteiger partial charge on any atom is 0.223 e. The molecule has 0 bridgehead atoms. The van der Waals surface area contributed by atoms with Crippen LogP contribution in [0.15, 0.2) is 6.07 Å². The lowest BCUT2D eigenvalue weighted by Crippen LogP contribution is -2.23. The Hall–Kier alpha value is -1.89. The van der Waals surface area contributed by atoms with Crippen LogP contribution in [-0.2, 0) is 11.2 Å². The second-order valence-electron chi connectivity index (χ2n) is 4.56. The second kappa shape index (κ2) is 4.65. The van der Waals surface area contributed by atoms with E-state index >= 15 is 0 Å². The van der Waals surface area contributed by atoms with Crippen LogP contribution in [0, 0.1) is 0 Å². The van der Waals surface area contributed by atoms with Crippen LogP contribution in [0.2, 0.25) is 0 Å². The summed E-state index contributed by atoms with van der Waals surface area (Å²) in [6.45, 7) is 2.73. The zero-order valence-corrected chi connectivity index (χ0v) is 11.4. The molecule has 1 aliphatic rings. The van der Waals surface area contributed by atoms with Gasteiger partial charge in [0.1, 0.15) is 10.6 Å². The molecule has 1 atom stereocenters. The standard InChI is InChI=1S/C12H15N5OS/c1-2-7-4-8-10(15-6-3-9(18)14-5-6)16-12(13)17-11(8)19-7/h4,6H,2-3,5H2,1H3,(H,14,18)(H3,13,15,16,17). The molecule has 0 aromatic carbocycles. The molecule has 3 rings (SSSR count). The van der Waals surface area contributed by atoms with Crippen molar-refractivity contribution in [3.05, 3.63) is 10.9 Å². The molecule has 1 unspecified atom stereocenters. The molecule has 19 heavy (non-hydrogen) atoms. The Morgan fingerprint density at radius 1 is 1.58 bits per heavy atom. The number of thiophene rings is 1. The first-order valence-electron chi connectivity index (χ1n) is 6.25. The van der Waals surface area contributed by atoms with E-state index < -0.39 is 0 Å². The Morgan fingerprint density at radius 2 is 2.42 bits per heavy atom. The van der Waals surface area contributed by atoms with Crippen molar-refractivity contribution in [2.75, 3.05) is 17.6 Å². The lowest BCUT2D eigenvalue weighted by atomic mass is 10.2. The Balaban J connectivity index is 1.97. The first-order chi connectivity index (χ1) is 9.15. The average Bonchev–Trinajstić information content (AvgIpc) is 2.95. The number of nitrogen functional groups attached to an aromatic ring is 1. The van der Waals surface area contributed by atoms with Gasteiger partial charge in [-0.15, -0.1) is 11.3 Å². The quantitative estimate of drug-likeness (QED) is 0.782. The monoisotopic (exact) mass is 277 g/mol. The number of fused-ring (bicyclic) bond motifs is 1. The first-order valence-corrected chi connectivity index (χ1v) is 7.06. The van der Waals surface area contributed by atoms with Gasteiger partial charge < -0.3 is 16.4 Å². The summed E-state index contributed by atoms with van der Waals surface area (Å²) < 4.78 is 0. The molecule has 3 heterocycles. The maximum atomic E-state index is 11.2. The molecule has 4 N–H and O–H groups in total. The summed E-state index contributed by atoms with van der Waals surface area (Å²) in [5.74, 6) is 1.05. The van der Waals surface area contributed by atoms with Gasteiger partial charge >= 0.3 is 0 Å². The van der Waals surface area contributed by atoms with Crippen molar-refractivity contribution in [3.63, 3.8) is 0 Å². The van der Waals surface area contributed by atoms with Gasteiger partial charge in [0.15, 0.2) is 0 Å². The van der Waals surface area contributed by atoms with Gasteiger partial charge in [-0.25, -0.2) is 4.98 Å². The van der Waals surface area contributed by atoms with Crippen molar-refractivity contribution in [1.29, 1.82) is 0 Å². The van der Waals surface area contributed by atoms with Crippen molar-refractivity contribution in [2.24, 2.45) is 0 Å². The highest BCUT2D eigenvalue weighted by atomic mass is 32.1. The van der Waals surface area contributed by atoms with E-state index in [9.17, 15) is 4.79 Å². The Kier molecular flexibility index (Phi) is 2.98. The fourth-order valence-electron chi connectivity index (χ4n) is 2.17. The third-order valence-electron chi connectivity index (χ3n) is 3.13. The van der Waals surface area contributed by atoms with E-state index in [0.717, 1.165) is 22.5 Å². The van der Waals surface area contributed by atoms with E-state index in [-0.39, 0.29) is 17.9 Å². The van der Waals surface area contributed by atoms with Crippen molar-refractivity contribution in [1.82, 2.24) is 15.3 Å². The van der Waals surface area contributed by atoms with Gasteiger partial charge in [-0.2, -0.15) is 4.98 Å². The van der Waals surface area contributed by atoms with Gasteiger partial charge in [0, 0.05) is 17.8 Å². The molecule has 100 valence electrons. The molecular weight excluding hydrogens is 262 g/mol. The van der Waals surface area contributed by atoms with E-state index in [0.29, 0.717) is 13.0 Å². The SMILES string of the molecule is CCc1cc2c(NC3CNC(=O)C3)nc(N)nc2s1. The third-order valence-corrected chi connectivity index (χ3v) is 4.30. The number of aryl methyl sites for hydroxylation is 1. The van der Waals surface area contributed by atoms with E-state index in [1.165, 1.54) is 4.88 Å². The minimum atomic E-state index is 0.0648. The van der Waals surface area contributed by atoms with Gasteiger partial charge in [-0.05, 0) is 12.5 Å². The summed E-state index contributed by atoms with van der Waals surface area (Å²) >= 11 is 1.63. The number of carbonyl (C=O) groups is 1. The average molecular weight is 277 g/mol. The zero-order chi connectivity index (χ0) is 13.4. The van der Waals surface area contributed by atoms with E-state index in [1.807, 2.05) is 0 Å². The summed E-state index contributed by atoms with van der Waals surface area (Å²) in [7, 11) is 0. The van der Waals surface area contributed by atoms with Crippen LogP contribution in [0.1, 0.15) is 18.2 Å². The molecule has 1 amide bonds. The molecule has 2 aromatic rings. The minimum Gasteiger partial charge on any atom is -0.368 e. The predicted octanol–water partition coefficient (Wildman–Crippen LogP) is 1.14. The fourth-order valence-corrected chi connectivity index (χ4v) is 3.15. The minimum absolute atomic E-state index is 0.0648. The van der Waals surface area contributed by atoms with Crippen LogP contribution in [-0.4, -0.2) is 28.5 Å². The molecule has 0 saturated carbocycles. The lowest BCUT2D eigenvalue weighted by Gasteiger charge is -2.12. The lowest BCUT2D eigenvalue weighted by molar-refractivity contribution is -0.119. The predicted molar refractivity (Wildman–Crippen MR) is 76.2 cm³/mol. The van der Waals surface area contributed by atoms with Crippen molar-refractivity contribution in [2.45, 2.75) is 25.8 Å². The number of carbonyl (C=O) groups excluding carboxylic acids is 1. The summed E-state index contributed by atoms with van der Waals surface area (Å²) in [6.07, 6.45) is 1.43. The largest absolute Gasteiger partial charge is 0.368 e. The van der Waals surface area contributed by atoms with Gasteiger partial charge in [-0.3, -0.25) is 4.79 Å². The second-order valence-corrected chi connectivity index (χ2v) is 5.68. The summed E-state index contributed by atoms with van der Waals surface area (Å²) in [5, 5.41) is 7.06. The van der Waals surface area contributed by atoms with Crippen LogP contribution < -0.4 is 16.4 Å². The molecule has 0 radical (unpaired) electrons. The van der Waals surface area contributed by atoms with Crippen molar-refractivity contribution >= 4 is 39.2 Å². The molecular formula is C12H15N5OS. The number of anilines is 2. The number of aromatic nitrogens is 2. The van der Waals surface area contributed by atoms with E-state index in [1.54, 1.807) is 11.3 Å². The highest BCUT2D eigenvalue weighted by Gasteiger charge is 2.22. The van der Waals surface area contributed by atoms with Crippen molar-refractivity contribution < 1.29 is 4.79 Å². The Labute approximate surface area is 114 Å². The number of nitrogens with zero attached hydrogens (tertiary/aromatic N) is 2. The van der Waals surface area contributed by atoms with Gasteiger partial charge in [0.25, 0.3) is 0 Å². The maximum absolute atomic E-state index is 11.2. The number of hydrogen-bond acceptors (Lipinski definition) is 6. The Bertz CT molecular complexity index is 638. The molecule has 1 saturated heterocycles. The topological polar surface area (TPSA) is 92.9 Å². The van der Waals surface area contributed by atoms with Gasteiger partial charge in [0.2, 0.25) is 11.9 Å². The van der Waals surface area contributed by atoms with Crippen LogP contribution >= 0.6 is 11.3 Å². The summed E-state index contributed by atoms with van der Waals surface area (Å²) in [6, 6.07) is 2.15. The number of nitrogens with one attached hydrogen (secondary N) is 2. The van der Waals surface area contributed by atoms with Gasteiger partial charge in [0.05, 0.1) is 11.4 Å². The number of nitrogens with two attached hydrogens (primary N) is 1. The smallest absolute Gasteiger partial charge is 0.223 e. The van der Waals surface area contributed by atoms with Gasteiger partial charge in [-0.1, -0.05) is 6.92 Å². The highest BCUT2D eigenvalue weighted by Crippen LogP contribution is 2.30. The van der Waals surface area contributed by atoms with Crippen molar-refractivity contribution in [3.8, 4) is 0 Å². The molecule has 1 fully saturated rings. The zero-order valence-electron chi connectivity index (χ0n) is 10.6. The van der Waals surface area contributed by atoms with Crippen LogP contribution in [0.5, 0.6) is 0 Å². The molecule has 7 heteroatoms. The summed E-state index contributed by atoms with van der Waals surface area (Å²) in [4.78, 5) is 21.9. The van der Waals surface area contributed by atoms with E-state index in [4.69, 9.17) is 5.73 Å². The number of amides is 1. The summed E-state index contributed by atoms with van der Waals surface area (Å²) in [5.41, 5.74) is 5.74. The molecule has 2 aromatic heterocycles. The van der Waals surface area contributed by atoms with Crippen LogP contribution in [0.4, 0.5) is 11.8 Å².